The van der Waals surface area contributed by atoms with E-state index in [1.54, 1.807) is 19.1 Å². The van der Waals surface area contributed by atoms with Crippen molar-refractivity contribution in [2.24, 2.45) is 16.7 Å². The van der Waals surface area contributed by atoms with Crippen molar-refractivity contribution in [3.05, 3.63) is 62.7 Å². The Morgan fingerprint density at radius 3 is 2.30 bits per heavy atom. The van der Waals surface area contributed by atoms with Crippen LogP contribution in [0, 0.1) is 33.8 Å². The Morgan fingerprint density at radius 1 is 1.03 bits per heavy atom. The van der Waals surface area contributed by atoms with Crippen molar-refractivity contribution < 1.29 is 9.66 Å². The van der Waals surface area contributed by atoms with Gasteiger partial charge in [0.05, 0.1) is 9.95 Å². The summed E-state index contributed by atoms with van der Waals surface area (Å²) in [5.41, 5.74) is 3.14. The second kappa shape index (κ2) is 6.46. The number of ether oxygens (including phenoxy) is 1. The van der Waals surface area contributed by atoms with Crippen LogP contribution in [0.15, 0.2) is 36.4 Å². The van der Waals surface area contributed by atoms with Crippen molar-refractivity contribution in [1.82, 2.24) is 0 Å². The van der Waals surface area contributed by atoms with Crippen molar-refractivity contribution in [3.8, 4) is 11.5 Å². The van der Waals surface area contributed by atoms with E-state index in [1.807, 2.05) is 6.07 Å². The second-order valence-electron chi connectivity index (χ2n) is 10.9. The number of nitrogens with zero attached hydrogens (tertiary/aromatic N) is 1. The molecule has 2 atom stereocenters. The summed E-state index contributed by atoms with van der Waals surface area (Å²) in [4.78, 5) is 10.7. The van der Waals surface area contributed by atoms with Crippen LogP contribution in [-0.2, 0) is 5.41 Å². The van der Waals surface area contributed by atoms with Gasteiger partial charge in [-0.25, -0.2) is 0 Å². The van der Waals surface area contributed by atoms with Crippen molar-refractivity contribution in [1.29, 1.82) is 0 Å². The molecule has 0 aliphatic heterocycles. The molecular formula is C25H28ClNO3. The summed E-state index contributed by atoms with van der Waals surface area (Å²) in [6.07, 6.45) is 7.88. The van der Waals surface area contributed by atoms with Gasteiger partial charge in [0.25, 0.3) is 5.69 Å². The molecule has 4 bridgehead atoms. The van der Waals surface area contributed by atoms with Gasteiger partial charge in [0, 0.05) is 11.6 Å². The summed E-state index contributed by atoms with van der Waals surface area (Å²) in [7, 11) is 0. The molecule has 2 aromatic rings. The largest absolute Gasteiger partial charge is 0.456 e. The molecule has 6 rings (SSSR count). The van der Waals surface area contributed by atoms with Gasteiger partial charge in [-0.2, -0.15) is 0 Å². The minimum atomic E-state index is -0.382. The van der Waals surface area contributed by atoms with E-state index >= 15 is 0 Å². The maximum atomic E-state index is 11.0. The van der Waals surface area contributed by atoms with Crippen LogP contribution >= 0.6 is 11.6 Å². The number of halogens is 1. The van der Waals surface area contributed by atoms with Gasteiger partial charge in [-0.15, -0.1) is 0 Å². The maximum absolute atomic E-state index is 11.0. The Labute approximate surface area is 182 Å². The molecular weight excluding hydrogens is 398 g/mol. The van der Waals surface area contributed by atoms with Gasteiger partial charge < -0.3 is 4.74 Å². The Balaban J connectivity index is 1.43. The molecule has 4 nitrogen and oxygen atoms in total. The number of hydrogen-bond acceptors (Lipinski definition) is 3. The smallest absolute Gasteiger partial charge is 0.272 e. The van der Waals surface area contributed by atoms with Crippen molar-refractivity contribution >= 4 is 17.3 Å². The highest BCUT2D eigenvalue weighted by molar-refractivity contribution is 6.32. The van der Waals surface area contributed by atoms with E-state index in [2.05, 4.69) is 26.0 Å². The van der Waals surface area contributed by atoms with E-state index in [0.29, 0.717) is 32.9 Å². The van der Waals surface area contributed by atoms with Crippen LogP contribution < -0.4 is 4.74 Å². The number of aryl methyl sites for hydroxylation is 1. The maximum Gasteiger partial charge on any atom is 0.272 e. The molecule has 4 fully saturated rings. The molecule has 0 amide bonds. The number of benzene rings is 2. The standard InChI is InChI=1S/C25H28ClNO3/c1-16-8-19(5-6-21(16)27(28)29)30-22-7-4-18(9-20(22)26)25-12-17-10-23(2,14-25)13-24(3,11-17)15-25/h4-9,17H,10-15H2,1-3H3. The predicted molar refractivity (Wildman–Crippen MR) is 118 cm³/mol. The average molecular weight is 426 g/mol. The van der Waals surface area contributed by atoms with E-state index < -0.39 is 0 Å². The van der Waals surface area contributed by atoms with Crippen LogP contribution in [0.1, 0.15) is 63.5 Å². The molecule has 158 valence electrons. The fourth-order valence-corrected chi connectivity index (χ4v) is 7.93. The quantitative estimate of drug-likeness (QED) is 0.374. The summed E-state index contributed by atoms with van der Waals surface area (Å²) in [6.45, 7) is 6.69. The lowest BCUT2D eigenvalue weighted by molar-refractivity contribution is -0.385. The zero-order chi connectivity index (χ0) is 21.3. The van der Waals surface area contributed by atoms with Gasteiger partial charge in [0.15, 0.2) is 0 Å². The summed E-state index contributed by atoms with van der Waals surface area (Å²) < 4.78 is 5.98. The number of nitro groups is 1. The van der Waals surface area contributed by atoms with E-state index in [4.69, 9.17) is 16.3 Å². The van der Waals surface area contributed by atoms with Gasteiger partial charge in [-0.3, -0.25) is 10.1 Å². The molecule has 0 N–H and O–H groups in total. The molecule has 4 aliphatic rings. The first-order chi connectivity index (χ1) is 14.1. The van der Waals surface area contributed by atoms with Crippen molar-refractivity contribution in [2.45, 2.75) is 64.7 Å². The Kier molecular flexibility index (Phi) is 4.28. The number of hydrogen-bond donors (Lipinski definition) is 0. The number of nitro benzene ring substituents is 1. The average Bonchev–Trinajstić information content (AvgIpc) is 2.60. The van der Waals surface area contributed by atoms with Gasteiger partial charge in [-0.05, 0) is 97.4 Å². The van der Waals surface area contributed by atoms with Gasteiger partial charge in [0.1, 0.15) is 11.5 Å². The molecule has 0 saturated heterocycles. The first-order valence-corrected chi connectivity index (χ1v) is 11.2. The van der Waals surface area contributed by atoms with E-state index in [0.717, 1.165) is 5.92 Å². The van der Waals surface area contributed by atoms with Crippen LogP contribution in [0.2, 0.25) is 5.02 Å². The number of rotatable bonds is 4. The molecule has 4 saturated carbocycles. The third-order valence-electron chi connectivity index (χ3n) is 7.76. The summed E-state index contributed by atoms with van der Waals surface area (Å²) >= 11 is 6.68. The topological polar surface area (TPSA) is 52.4 Å². The van der Waals surface area contributed by atoms with E-state index in [9.17, 15) is 10.1 Å². The van der Waals surface area contributed by atoms with Crippen LogP contribution in [0.4, 0.5) is 5.69 Å². The lowest BCUT2D eigenvalue weighted by Gasteiger charge is -2.65. The Hall–Kier alpha value is -2.07. The minimum Gasteiger partial charge on any atom is -0.456 e. The summed E-state index contributed by atoms with van der Waals surface area (Å²) in [6, 6.07) is 11.1. The molecule has 0 aromatic heterocycles. The molecule has 5 heteroatoms. The Morgan fingerprint density at radius 2 is 1.73 bits per heavy atom. The minimum absolute atomic E-state index is 0.0904. The van der Waals surface area contributed by atoms with Crippen LogP contribution in [-0.4, -0.2) is 4.92 Å². The monoisotopic (exact) mass is 425 g/mol. The van der Waals surface area contributed by atoms with Gasteiger partial charge >= 0.3 is 0 Å². The van der Waals surface area contributed by atoms with Gasteiger partial charge in [0.2, 0.25) is 0 Å². The highest BCUT2D eigenvalue weighted by Gasteiger charge is 2.60. The first-order valence-electron chi connectivity index (χ1n) is 10.8. The fraction of sp³-hybridized carbons (Fsp3) is 0.520. The molecule has 4 aliphatic carbocycles. The lowest BCUT2D eigenvalue weighted by Crippen LogP contribution is -2.56. The van der Waals surface area contributed by atoms with Crippen LogP contribution in [0.3, 0.4) is 0 Å². The fourth-order valence-electron chi connectivity index (χ4n) is 7.71. The zero-order valence-electron chi connectivity index (χ0n) is 17.8. The van der Waals surface area contributed by atoms with Crippen molar-refractivity contribution in [2.75, 3.05) is 0 Å². The highest BCUT2D eigenvalue weighted by atomic mass is 35.5. The molecule has 2 unspecified atom stereocenters. The Bertz CT molecular complexity index is 1030. The highest BCUT2D eigenvalue weighted by Crippen LogP contribution is 2.70. The lowest BCUT2D eigenvalue weighted by atomic mass is 9.39. The van der Waals surface area contributed by atoms with Crippen molar-refractivity contribution in [3.63, 3.8) is 0 Å². The summed E-state index contributed by atoms with van der Waals surface area (Å²) in [5.74, 6) is 1.98. The third kappa shape index (κ3) is 3.20. The van der Waals surface area contributed by atoms with Crippen LogP contribution in [0.25, 0.3) is 0 Å². The zero-order valence-corrected chi connectivity index (χ0v) is 18.6. The third-order valence-corrected chi connectivity index (χ3v) is 8.06. The molecule has 2 aromatic carbocycles. The molecule has 30 heavy (non-hydrogen) atoms. The van der Waals surface area contributed by atoms with E-state index in [1.165, 1.54) is 50.2 Å². The normalized spacial score (nSPS) is 34.2. The summed E-state index contributed by atoms with van der Waals surface area (Å²) in [5, 5.41) is 11.6. The first kappa shape index (κ1) is 19.9. The van der Waals surface area contributed by atoms with E-state index in [-0.39, 0.29) is 16.0 Å². The predicted octanol–water partition coefficient (Wildman–Crippen LogP) is 7.60. The molecule has 0 heterocycles. The van der Waals surface area contributed by atoms with Crippen LogP contribution in [0.5, 0.6) is 11.5 Å². The van der Waals surface area contributed by atoms with Gasteiger partial charge in [-0.1, -0.05) is 31.5 Å². The second-order valence-corrected chi connectivity index (χ2v) is 11.3. The molecule has 0 radical (unpaired) electrons. The SMILES string of the molecule is Cc1cc(Oc2ccc(C34CC5CC(C)(CC(C)(C5)C3)C4)cc2Cl)ccc1[N+](=O)[O-]. The molecule has 0 spiro atoms.